The number of sulfone groups is 1. The van der Waals surface area contributed by atoms with Gasteiger partial charge in [0.2, 0.25) is 11.8 Å². The molecule has 0 fully saturated rings. The molecule has 0 atom stereocenters. The van der Waals surface area contributed by atoms with Gasteiger partial charge < -0.3 is 10.6 Å². The topological polar surface area (TPSA) is 105 Å². The van der Waals surface area contributed by atoms with Crippen LogP contribution in [-0.2, 0) is 19.4 Å². The fraction of sp³-hybridized carbons (Fsp3) is 0.533. The number of rotatable bonds is 8. The normalized spacial score (nSPS) is 11.3. The lowest BCUT2D eigenvalue weighted by atomic mass is 10.3. The van der Waals surface area contributed by atoms with Crippen LogP contribution in [0.3, 0.4) is 0 Å². The highest BCUT2D eigenvalue weighted by atomic mass is 32.2. The molecule has 1 heterocycles. The van der Waals surface area contributed by atoms with E-state index in [4.69, 9.17) is 0 Å². The van der Waals surface area contributed by atoms with E-state index < -0.39 is 21.5 Å². The monoisotopic (exact) mass is 341 g/mol. The zero-order valence-corrected chi connectivity index (χ0v) is 14.4. The van der Waals surface area contributed by atoms with Gasteiger partial charge in [0.15, 0.2) is 9.84 Å². The van der Waals surface area contributed by atoms with Crippen LogP contribution in [0, 0.1) is 12.8 Å². The Morgan fingerprint density at radius 3 is 2.52 bits per heavy atom. The Hall–Kier alpha value is -1.96. The molecule has 0 aliphatic heterocycles. The van der Waals surface area contributed by atoms with E-state index in [2.05, 4.69) is 15.6 Å². The van der Waals surface area contributed by atoms with E-state index in [0.717, 1.165) is 5.69 Å². The van der Waals surface area contributed by atoms with Crippen LogP contribution >= 0.6 is 0 Å². The number of anilines is 1. The first kappa shape index (κ1) is 19.1. The Kier molecular flexibility index (Phi) is 7.15. The molecule has 0 saturated carbocycles. The molecule has 0 aromatic carbocycles. The minimum absolute atomic E-state index is 0.0274. The van der Waals surface area contributed by atoms with E-state index in [9.17, 15) is 18.0 Å². The van der Waals surface area contributed by atoms with Crippen molar-refractivity contribution in [3.05, 3.63) is 23.9 Å². The van der Waals surface area contributed by atoms with E-state index in [1.165, 1.54) is 0 Å². The molecule has 0 bridgehead atoms. The van der Waals surface area contributed by atoms with Crippen LogP contribution in [0.4, 0.5) is 5.82 Å². The van der Waals surface area contributed by atoms with Crippen molar-refractivity contribution in [1.82, 2.24) is 10.3 Å². The van der Waals surface area contributed by atoms with Crippen LogP contribution in [0.15, 0.2) is 18.2 Å². The summed E-state index contributed by atoms with van der Waals surface area (Å²) in [6, 6.07) is 5.26. The van der Waals surface area contributed by atoms with Gasteiger partial charge >= 0.3 is 0 Å². The predicted octanol–water partition coefficient (Wildman–Crippen LogP) is 0.906. The highest BCUT2D eigenvalue weighted by Gasteiger charge is 2.18. The number of pyridine rings is 1. The molecule has 1 aromatic heterocycles. The van der Waals surface area contributed by atoms with Crippen LogP contribution in [0.5, 0.6) is 0 Å². The molecule has 23 heavy (non-hydrogen) atoms. The van der Waals surface area contributed by atoms with Crippen molar-refractivity contribution in [2.75, 3.05) is 23.4 Å². The quantitative estimate of drug-likeness (QED) is 0.731. The predicted molar refractivity (Wildman–Crippen MR) is 88.7 cm³/mol. The first-order valence-electron chi connectivity index (χ1n) is 7.38. The van der Waals surface area contributed by atoms with E-state index in [1.807, 2.05) is 13.0 Å². The highest BCUT2D eigenvalue weighted by molar-refractivity contribution is 7.92. The van der Waals surface area contributed by atoms with Gasteiger partial charge in [-0.2, -0.15) is 0 Å². The summed E-state index contributed by atoms with van der Waals surface area (Å²) >= 11 is 0. The molecule has 8 heteroatoms. The van der Waals surface area contributed by atoms with Crippen LogP contribution in [0.25, 0.3) is 0 Å². The van der Waals surface area contributed by atoms with E-state index >= 15 is 0 Å². The van der Waals surface area contributed by atoms with Crippen LogP contribution in [-0.4, -0.2) is 43.3 Å². The molecule has 1 rings (SSSR count). The fourth-order valence-corrected chi connectivity index (χ4v) is 3.59. The van der Waals surface area contributed by atoms with Gasteiger partial charge in [0.05, 0.1) is 5.75 Å². The number of aryl methyl sites for hydroxylation is 1. The number of nitrogens with zero attached hydrogens (tertiary/aromatic N) is 1. The molecule has 0 aliphatic rings. The second-order valence-corrected chi connectivity index (χ2v) is 7.87. The number of amides is 2. The van der Waals surface area contributed by atoms with Gasteiger partial charge in [-0.05, 0) is 25.0 Å². The summed E-state index contributed by atoms with van der Waals surface area (Å²) in [5, 5.41) is 5.05. The summed E-state index contributed by atoms with van der Waals surface area (Å²) in [4.78, 5) is 27.4. The third-order valence-corrected chi connectivity index (χ3v) is 4.64. The molecule has 0 unspecified atom stereocenters. The molecule has 0 saturated heterocycles. The average Bonchev–Trinajstić information content (AvgIpc) is 2.35. The number of aromatic nitrogens is 1. The van der Waals surface area contributed by atoms with Crippen molar-refractivity contribution in [2.24, 2.45) is 5.92 Å². The SMILES string of the molecule is Cc1cccc(NC(=O)CCNC(=O)CS(=O)(=O)CC(C)C)n1. The second kappa shape index (κ2) is 8.61. The average molecular weight is 341 g/mol. The first-order valence-corrected chi connectivity index (χ1v) is 9.21. The summed E-state index contributed by atoms with van der Waals surface area (Å²) in [7, 11) is -3.41. The summed E-state index contributed by atoms with van der Waals surface area (Å²) in [6.07, 6.45) is 0.0472. The minimum Gasteiger partial charge on any atom is -0.355 e. The summed E-state index contributed by atoms with van der Waals surface area (Å²) in [5.74, 6) is -1.05. The maximum Gasteiger partial charge on any atom is 0.235 e. The van der Waals surface area contributed by atoms with Gasteiger partial charge in [-0.25, -0.2) is 13.4 Å². The van der Waals surface area contributed by atoms with E-state index in [1.54, 1.807) is 26.0 Å². The molecule has 2 amide bonds. The first-order chi connectivity index (χ1) is 10.7. The molecule has 0 aliphatic carbocycles. The molecule has 128 valence electrons. The van der Waals surface area contributed by atoms with E-state index in [-0.39, 0.29) is 30.5 Å². The lowest BCUT2D eigenvalue weighted by Crippen LogP contribution is -2.34. The van der Waals surface area contributed by atoms with Gasteiger partial charge in [-0.1, -0.05) is 19.9 Å². The summed E-state index contributed by atoms with van der Waals surface area (Å²) in [6.45, 7) is 5.44. The van der Waals surface area contributed by atoms with Gasteiger partial charge in [-0.3, -0.25) is 9.59 Å². The van der Waals surface area contributed by atoms with Crippen molar-refractivity contribution in [3.63, 3.8) is 0 Å². The minimum atomic E-state index is -3.41. The molecule has 1 aromatic rings. The fourth-order valence-electron chi connectivity index (χ4n) is 1.95. The maximum absolute atomic E-state index is 11.7. The highest BCUT2D eigenvalue weighted by Crippen LogP contribution is 2.04. The lowest BCUT2D eigenvalue weighted by Gasteiger charge is -2.08. The second-order valence-electron chi connectivity index (χ2n) is 5.76. The Morgan fingerprint density at radius 1 is 1.22 bits per heavy atom. The Bertz CT molecular complexity index is 656. The molecule has 2 N–H and O–H groups in total. The number of nitrogens with one attached hydrogen (secondary N) is 2. The third-order valence-electron chi connectivity index (χ3n) is 2.77. The van der Waals surface area contributed by atoms with Gasteiger partial charge in [0.1, 0.15) is 11.6 Å². The molecular formula is C15H23N3O4S. The van der Waals surface area contributed by atoms with Crippen molar-refractivity contribution in [2.45, 2.75) is 27.2 Å². The van der Waals surface area contributed by atoms with Gasteiger partial charge in [0, 0.05) is 18.7 Å². The number of carbonyl (C=O) groups excluding carboxylic acids is 2. The van der Waals surface area contributed by atoms with Gasteiger partial charge in [-0.15, -0.1) is 0 Å². The molecule has 7 nitrogen and oxygen atoms in total. The molecular weight excluding hydrogens is 318 g/mol. The Labute approximate surface area is 136 Å². The lowest BCUT2D eigenvalue weighted by molar-refractivity contribution is -0.119. The maximum atomic E-state index is 11.7. The Morgan fingerprint density at radius 2 is 1.91 bits per heavy atom. The van der Waals surface area contributed by atoms with Crippen molar-refractivity contribution in [3.8, 4) is 0 Å². The number of hydrogen-bond acceptors (Lipinski definition) is 5. The summed E-state index contributed by atoms with van der Waals surface area (Å²) in [5.41, 5.74) is 0.784. The standard InChI is InChI=1S/C15H23N3O4S/c1-11(2)9-23(21,22)10-15(20)16-8-7-14(19)18-13-6-4-5-12(3)17-13/h4-6,11H,7-10H2,1-3H3,(H,16,20)(H,17,18,19). The largest absolute Gasteiger partial charge is 0.355 e. The van der Waals surface area contributed by atoms with Crippen LogP contribution in [0.2, 0.25) is 0 Å². The van der Waals surface area contributed by atoms with Gasteiger partial charge in [0.25, 0.3) is 0 Å². The molecule has 0 spiro atoms. The summed E-state index contributed by atoms with van der Waals surface area (Å²) < 4.78 is 23.3. The van der Waals surface area contributed by atoms with E-state index in [0.29, 0.717) is 5.82 Å². The molecule has 0 radical (unpaired) electrons. The Balaban J connectivity index is 2.33. The van der Waals surface area contributed by atoms with Crippen molar-refractivity contribution < 1.29 is 18.0 Å². The zero-order valence-electron chi connectivity index (χ0n) is 13.6. The third kappa shape index (κ3) is 8.29. The smallest absolute Gasteiger partial charge is 0.235 e. The van der Waals surface area contributed by atoms with Crippen LogP contribution in [0.1, 0.15) is 26.0 Å². The van der Waals surface area contributed by atoms with Crippen LogP contribution < -0.4 is 10.6 Å². The number of hydrogen-bond donors (Lipinski definition) is 2. The zero-order chi connectivity index (χ0) is 17.5. The number of carbonyl (C=O) groups is 2. The van der Waals surface area contributed by atoms with Crippen molar-refractivity contribution >= 4 is 27.5 Å². The van der Waals surface area contributed by atoms with Crippen molar-refractivity contribution in [1.29, 1.82) is 0 Å².